The van der Waals surface area contributed by atoms with Gasteiger partial charge >= 0.3 is 0 Å². The third kappa shape index (κ3) is 5.21. The predicted octanol–water partition coefficient (Wildman–Crippen LogP) is 12.7. The molecule has 11 rings (SSSR count). The molecular weight excluding hydrogens is 683 g/mol. The molecule has 0 spiro atoms. The smallest absolute Gasteiger partial charge is 0.238 e. The van der Waals surface area contributed by atoms with Crippen LogP contribution in [0, 0.1) is 0 Å². The highest BCUT2D eigenvalue weighted by molar-refractivity contribution is 6.11. The standard InChI is InChI=1S/C51H33N5/c1-3-15-34(16-4-1)36-27-29-37(30-28-36)49-52-50(54-51(53-49)56-45-24-12-8-19-39(45)40-20-9-13-25-46(40)56)43-22-10-14-26-47(43)55-44-23-11-7-21-41(44)42-32-31-38(33-48(42)55)35-17-5-2-6-18-35/h1-33H/i1D,2D,3D,4D,5D,6D,7D,10D,14D,15D,16D,17D,18D,21D,22D,23D,26D,27D,28D,29D,30D,31D,32D,33D. The maximum atomic E-state index is 9.87. The lowest BCUT2D eigenvalue weighted by atomic mass is 10.0. The van der Waals surface area contributed by atoms with Gasteiger partial charge in [0.2, 0.25) is 5.95 Å². The van der Waals surface area contributed by atoms with E-state index >= 15 is 0 Å². The van der Waals surface area contributed by atoms with Crippen LogP contribution < -0.4 is 0 Å². The molecule has 0 saturated heterocycles. The highest BCUT2D eigenvalue weighted by atomic mass is 15.2. The van der Waals surface area contributed by atoms with Crippen LogP contribution in [0.15, 0.2) is 200 Å². The van der Waals surface area contributed by atoms with Crippen molar-refractivity contribution < 1.29 is 32.9 Å². The Bertz CT molecular complexity index is 4530. The monoisotopic (exact) mass is 739 g/mol. The normalized spacial score (nSPS) is 17.6. The van der Waals surface area contributed by atoms with Gasteiger partial charge in [0.1, 0.15) is 0 Å². The van der Waals surface area contributed by atoms with E-state index in [0.717, 1.165) is 10.6 Å². The Balaban J connectivity index is 1.34. The van der Waals surface area contributed by atoms with Crippen molar-refractivity contribution in [3.05, 3.63) is 200 Å². The van der Waals surface area contributed by atoms with Gasteiger partial charge in [-0.3, -0.25) is 4.57 Å². The molecule has 0 bridgehead atoms. The number of rotatable bonds is 6. The zero-order chi connectivity index (χ0) is 57.9. The summed E-state index contributed by atoms with van der Waals surface area (Å²) < 4.78 is 218. The van der Waals surface area contributed by atoms with Crippen molar-refractivity contribution in [1.82, 2.24) is 24.1 Å². The molecule has 0 aliphatic carbocycles. The van der Waals surface area contributed by atoms with Gasteiger partial charge in [-0.2, -0.15) is 9.97 Å². The van der Waals surface area contributed by atoms with Gasteiger partial charge in [-0.05, 0) is 58.6 Å². The minimum Gasteiger partial charge on any atom is -0.308 e. The fraction of sp³-hybridized carbons (Fsp3) is 0. The summed E-state index contributed by atoms with van der Waals surface area (Å²) in [6.45, 7) is 0. The molecule has 0 aliphatic heterocycles. The number of nitrogens with zero attached hydrogens (tertiary/aromatic N) is 5. The number of benzene rings is 8. The largest absolute Gasteiger partial charge is 0.308 e. The van der Waals surface area contributed by atoms with Crippen molar-refractivity contribution in [2.75, 3.05) is 0 Å². The zero-order valence-corrected chi connectivity index (χ0v) is 28.4. The van der Waals surface area contributed by atoms with Crippen molar-refractivity contribution in [3.8, 4) is 56.7 Å². The van der Waals surface area contributed by atoms with E-state index in [1.807, 2.05) is 0 Å². The summed E-state index contributed by atoms with van der Waals surface area (Å²) in [5.41, 5.74) is -4.86. The number of aromatic nitrogens is 5. The van der Waals surface area contributed by atoms with Crippen LogP contribution >= 0.6 is 0 Å². The van der Waals surface area contributed by atoms with Crippen LogP contribution in [0.1, 0.15) is 32.9 Å². The van der Waals surface area contributed by atoms with Crippen LogP contribution in [0.25, 0.3) is 100 Å². The van der Waals surface area contributed by atoms with Gasteiger partial charge in [-0.1, -0.05) is 163 Å². The van der Waals surface area contributed by atoms with Gasteiger partial charge in [-0.15, -0.1) is 0 Å². The van der Waals surface area contributed by atoms with E-state index in [-0.39, 0.29) is 5.95 Å². The zero-order valence-electron chi connectivity index (χ0n) is 52.4. The summed E-state index contributed by atoms with van der Waals surface area (Å²) >= 11 is 0. The Hall–Kier alpha value is -7.63. The topological polar surface area (TPSA) is 48.5 Å². The molecule has 3 aromatic heterocycles. The van der Waals surface area contributed by atoms with Crippen LogP contribution in [0.5, 0.6) is 0 Å². The SMILES string of the molecule is [2H]c1cc([2H])c2c(c1[2H])c1c([2H])c([2H])c(-c3c([2H])c([2H])c([2H])c([2H])c3[2H])c([2H])c1n2-c1c([2H])c([2H])c([2H])c([2H])c1-c1nc(-c2c([2H])c([2H])c(-c3c([2H])c([2H])c([2H])c([2H])c3[2H])c([2H])c2[2H])nc(-n2c3ccccc3c3ccccc32)n1. The van der Waals surface area contributed by atoms with E-state index in [1.165, 1.54) is 4.57 Å². The van der Waals surface area contributed by atoms with Crippen molar-refractivity contribution in [1.29, 1.82) is 0 Å². The average Bonchev–Trinajstić information content (AvgIpc) is 4.20. The summed E-state index contributed by atoms with van der Waals surface area (Å²) in [5.74, 6) is -1.70. The molecule has 56 heavy (non-hydrogen) atoms. The van der Waals surface area contributed by atoms with E-state index in [1.54, 1.807) is 48.5 Å². The number of hydrogen-bond donors (Lipinski definition) is 0. The van der Waals surface area contributed by atoms with E-state index in [2.05, 4.69) is 4.98 Å². The first-order valence-electron chi connectivity index (χ1n) is 28.9. The van der Waals surface area contributed by atoms with Gasteiger partial charge in [-0.25, -0.2) is 4.98 Å². The summed E-state index contributed by atoms with van der Waals surface area (Å²) in [7, 11) is 0. The summed E-state index contributed by atoms with van der Waals surface area (Å²) in [6, 6.07) is -5.10. The van der Waals surface area contributed by atoms with Crippen molar-refractivity contribution in [3.63, 3.8) is 0 Å². The van der Waals surface area contributed by atoms with Crippen LogP contribution in [-0.2, 0) is 0 Å². The molecular formula is C51H33N5. The highest BCUT2D eigenvalue weighted by Crippen LogP contribution is 2.38. The highest BCUT2D eigenvalue weighted by Gasteiger charge is 2.21. The molecule has 262 valence electrons. The van der Waals surface area contributed by atoms with Gasteiger partial charge < -0.3 is 4.57 Å². The Morgan fingerprint density at radius 1 is 0.357 bits per heavy atom. The van der Waals surface area contributed by atoms with Crippen LogP contribution in [-0.4, -0.2) is 24.1 Å². The van der Waals surface area contributed by atoms with Gasteiger partial charge in [0.25, 0.3) is 0 Å². The second kappa shape index (κ2) is 13.0. The number of para-hydroxylation sites is 4. The van der Waals surface area contributed by atoms with Crippen molar-refractivity contribution in [2.45, 2.75) is 0 Å². The minimum absolute atomic E-state index is 0.347. The number of hydrogen-bond acceptors (Lipinski definition) is 3. The molecule has 0 N–H and O–H groups in total. The molecule has 0 amide bonds. The first-order valence-corrected chi connectivity index (χ1v) is 16.9. The van der Waals surface area contributed by atoms with Crippen LogP contribution in [0.4, 0.5) is 0 Å². The quantitative estimate of drug-likeness (QED) is 0.171. The first kappa shape index (κ1) is 16.0. The first-order chi connectivity index (χ1) is 37.8. The fourth-order valence-corrected chi connectivity index (χ4v) is 6.67. The van der Waals surface area contributed by atoms with E-state index in [0.29, 0.717) is 21.8 Å². The van der Waals surface area contributed by atoms with Gasteiger partial charge in [0, 0.05) is 32.7 Å². The molecule has 8 aromatic carbocycles. The lowest BCUT2D eigenvalue weighted by molar-refractivity contribution is 0.951. The molecule has 0 fully saturated rings. The van der Waals surface area contributed by atoms with Crippen molar-refractivity contribution in [2.24, 2.45) is 0 Å². The van der Waals surface area contributed by atoms with Gasteiger partial charge in [0.05, 0.1) is 60.7 Å². The predicted molar refractivity (Wildman–Crippen MR) is 230 cm³/mol. The molecule has 0 atom stereocenters. The molecule has 5 nitrogen and oxygen atoms in total. The molecule has 0 radical (unpaired) electrons. The van der Waals surface area contributed by atoms with E-state index in [4.69, 9.17) is 27.8 Å². The third-order valence-electron chi connectivity index (χ3n) is 9.07. The van der Waals surface area contributed by atoms with E-state index in [9.17, 15) is 15.1 Å². The van der Waals surface area contributed by atoms with Crippen molar-refractivity contribution >= 4 is 43.6 Å². The average molecular weight is 740 g/mol. The maximum absolute atomic E-state index is 9.87. The fourth-order valence-electron chi connectivity index (χ4n) is 6.67. The molecule has 5 heteroatoms. The third-order valence-corrected chi connectivity index (χ3v) is 9.07. The molecule has 11 aromatic rings. The lowest BCUT2D eigenvalue weighted by Gasteiger charge is -2.15. The Morgan fingerprint density at radius 3 is 1.66 bits per heavy atom. The van der Waals surface area contributed by atoms with Gasteiger partial charge in [0.15, 0.2) is 11.6 Å². The molecule has 0 saturated carbocycles. The Labute approximate surface area is 357 Å². The molecule has 3 heterocycles. The molecule has 0 aliphatic rings. The Kier molecular flexibility index (Phi) is 3.73. The lowest BCUT2D eigenvalue weighted by Crippen LogP contribution is -2.07. The van der Waals surface area contributed by atoms with Crippen LogP contribution in [0.2, 0.25) is 0 Å². The molecule has 0 unspecified atom stereocenters. The number of fused-ring (bicyclic) bond motifs is 6. The summed E-state index contributed by atoms with van der Waals surface area (Å²) in [4.78, 5) is 14.2. The second-order valence-electron chi connectivity index (χ2n) is 12.2. The Morgan fingerprint density at radius 2 is 0.929 bits per heavy atom. The summed E-state index contributed by atoms with van der Waals surface area (Å²) in [6.07, 6.45) is 0. The summed E-state index contributed by atoms with van der Waals surface area (Å²) in [5, 5.41) is 0.433. The maximum Gasteiger partial charge on any atom is 0.238 e. The minimum atomic E-state index is -0.932. The van der Waals surface area contributed by atoms with E-state index < -0.39 is 218 Å². The second-order valence-corrected chi connectivity index (χ2v) is 12.2. The van der Waals surface area contributed by atoms with Crippen LogP contribution in [0.3, 0.4) is 0 Å².